The molecule has 0 amide bonds. The molecule has 1 fully saturated rings. The second-order valence-corrected chi connectivity index (χ2v) is 11.1. The number of halogens is 2. The molecule has 1 saturated heterocycles. The highest BCUT2D eigenvalue weighted by Crippen LogP contribution is 2.51. The molecule has 2 aliphatic rings. The van der Waals surface area contributed by atoms with Gasteiger partial charge >= 0.3 is 0 Å². The number of ether oxygens (including phenoxy) is 1. The van der Waals surface area contributed by atoms with E-state index in [2.05, 4.69) is 129 Å². The third-order valence-electron chi connectivity index (χ3n) is 7.06. The lowest BCUT2D eigenvalue weighted by Gasteiger charge is -2.29. The van der Waals surface area contributed by atoms with E-state index in [4.69, 9.17) is 4.74 Å². The lowest BCUT2D eigenvalue weighted by Crippen LogP contribution is -2.12. The van der Waals surface area contributed by atoms with Gasteiger partial charge in [-0.2, -0.15) is 0 Å². The molecule has 2 atom stereocenters. The fourth-order valence-electron chi connectivity index (χ4n) is 5.37. The van der Waals surface area contributed by atoms with Crippen LogP contribution in [0, 0.1) is 13.8 Å². The first-order chi connectivity index (χ1) is 16.5. The molecular weight excluding hydrogens is 550 g/mol. The van der Waals surface area contributed by atoms with Crippen molar-refractivity contribution in [3.63, 3.8) is 0 Å². The van der Waals surface area contributed by atoms with Crippen LogP contribution in [0.5, 0.6) is 0 Å². The summed E-state index contributed by atoms with van der Waals surface area (Å²) >= 11 is 7.23. The van der Waals surface area contributed by atoms with E-state index in [1.54, 1.807) is 0 Å². The molecule has 2 nitrogen and oxygen atoms in total. The lowest BCUT2D eigenvalue weighted by molar-refractivity contribution is 0.0717. The third kappa shape index (κ3) is 3.82. The smallest absolute Gasteiger partial charge is 0.0838 e. The van der Waals surface area contributed by atoms with Gasteiger partial charge in [-0.3, -0.25) is 0 Å². The van der Waals surface area contributed by atoms with E-state index in [1.165, 1.54) is 44.8 Å². The summed E-state index contributed by atoms with van der Waals surface area (Å²) in [6, 6.07) is 28.7. The van der Waals surface area contributed by atoms with Crippen LogP contribution in [0.3, 0.4) is 0 Å². The van der Waals surface area contributed by atoms with Gasteiger partial charge in [-0.05, 0) is 115 Å². The number of anilines is 3. The van der Waals surface area contributed by atoms with Crippen molar-refractivity contribution in [2.45, 2.75) is 38.9 Å². The predicted octanol–water partition coefficient (Wildman–Crippen LogP) is 9.87. The summed E-state index contributed by atoms with van der Waals surface area (Å²) in [5, 5.41) is 0. The minimum Gasteiger partial charge on any atom is -0.366 e. The van der Waals surface area contributed by atoms with Crippen molar-refractivity contribution in [1.29, 1.82) is 0 Å². The summed E-state index contributed by atoms with van der Waals surface area (Å²) in [5.41, 5.74) is 11.2. The highest BCUT2D eigenvalue weighted by molar-refractivity contribution is 9.10. The zero-order chi connectivity index (χ0) is 23.4. The molecule has 0 aromatic heterocycles. The zero-order valence-electron chi connectivity index (χ0n) is 19.2. The standard InChI is InChI=1S/C30H25Br2NO/c1-18-15-22(31)6-11-27(18)33(28-12-7-23(32)16-19(28)2)24-8-3-20(4-9-24)21-5-10-25-26(17-21)30-14-13-29(25)34-30/h3-12,15-17,29-30H,13-14H2,1-2H3. The van der Waals surface area contributed by atoms with Crippen molar-refractivity contribution >= 4 is 48.9 Å². The fraction of sp³-hybridized carbons (Fsp3) is 0.200. The van der Waals surface area contributed by atoms with Crippen molar-refractivity contribution in [1.82, 2.24) is 0 Å². The Morgan fingerprint density at radius 2 is 1.21 bits per heavy atom. The summed E-state index contributed by atoms with van der Waals surface area (Å²) in [5.74, 6) is 0. The highest BCUT2D eigenvalue weighted by atomic mass is 79.9. The Morgan fingerprint density at radius 1 is 0.647 bits per heavy atom. The Hall–Kier alpha value is -2.40. The van der Waals surface area contributed by atoms with Gasteiger partial charge in [0.25, 0.3) is 0 Å². The summed E-state index contributed by atoms with van der Waals surface area (Å²) in [4.78, 5) is 2.35. The molecule has 4 aromatic carbocycles. The Bertz CT molecular complexity index is 1340. The molecule has 2 aliphatic heterocycles. The van der Waals surface area contributed by atoms with E-state index in [9.17, 15) is 0 Å². The molecule has 0 aliphatic carbocycles. The van der Waals surface area contributed by atoms with Gasteiger partial charge in [-0.15, -0.1) is 0 Å². The topological polar surface area (TPSA) is 12.5 Å². The molecular formula is C30H25Br2NO. The average molecular weight is 575 g/mol. The lowest BCUT2D eigenvalue weighted by atomic mass is 9.89. The molecule has 34 heavy (non-hydrogen) atoms. The maximum absolute atomic E-state index is 6.11. The molecule has 2 bridgehead atoms. The number of nitrogens with zero attached hydrogens (tertiary/aromatic N) is 1. The Morgan fingerprint density at radius 3 is 1.79 bits per heavy atom. The monoisotopic (exact) mass is 573 g/mol. The molecule has 0 saturated carbocycles. The second-order valence-electron chi connectivity index (χ2n) is 9.28. The average Bonchev–Trinajstić information content (AvgIpc) is 3.45. The minimum absolute atomic E-state index is 0.287. The number of aryl methyl sites for hydroxylation is 2. The minimum atomic E-state index is 0.287. The SMILES string of the molecule is Cc1cc(Br)ccc1N(c1ccc(-c2ccc3c(c2)C2CCC3O2)cc1)c1ccc(Br)cc1C. The van der Waals surface area contributed by atoms with Crippen LogP contribution in [0.4, 0.5) is 17.1 Å². The number of benzene rings is 4. The number of rotatable bonds is 4. The van der Waals surface area contributed by atoms with Crippen LogP contribution in [0.2, 0.25) is 0 Å². The van der Waals surface area contributed by atoms with Crippen LogP contribution in [0.1, 0.15) is 47.3 Å². The van der Waals surface area contributed by atoms with Crippen LogP contribution in [-0.2, 0) is 4.74 Å². The second kappa shape index (κ2) is 8.67. The van der Waals surface area contributed by atoms with Gasteiger partial charge in [-0.25, -0.2) is 0 Å². The molecule has 2 heterocycles. The number of hydrogen-bond donors (Lipinski definition) is 0. The fourth-order valence-corrected chi connectivity index (χ4v) is 6.32. The number of hydrogen-bond acceptors (Lipinski definition) is 2. The van der Waals surface area contributed by atoms with E-state index in [0.717, 1.165) is 27.5 Å². The molecule has 4 heteroatoms. The van der Waals surface area contributed by atoms with Crippen LogP contribution < -0.4 is 4.90 Å². The summed E-state index contributed by atoms with van der Waals surface area (Å²) < 4.78 is 8.29. The normalized spacial score (nSPS) is 18.2. The molecule has 170 valence electrons. The van der Waals surface area contributed by atoms with Crippen molar-refractivity contribution in [2.24, 2.45) is 0 Å². The Kier molecular flexibility index (Phi) is 5.63. The van der Waals surface area contributed by atoms with Gasteiger partial charge in [0.1, 0.15) is 0 Å². The first-order valence-corrected chi connectivity index (χ1v) is 13.3. The molecule has 6 rings (SSSR count). The van der Waals surface area contributed by atoms with Crippen LogP contribution in [-0.4, -0.2) is 0 Å². The van der Waals surface area contributed by atoms with Gasteiger partial charge in [-0.1, -0.05) is 56.1 Å². The zero-order valence-corrected chi connectivity index (χ0v) is 22.4. The van der Waals surface area contributed by atoms with E-state index in [1.807, 2.05) is 0 Å². The van der Waals surface area contributed by atoms with Crippen molar-refractivity contribution in [2.75, 3.05) is 4.90 Å². The van der Waals surface area contributed by atoms with Crippen LogP contribution in [0.15, 0.2) is 87.8 Å². The molecule has 2 unspecified atom stereocenters. The summed E-state index contributed by atoms with van der Waals surface area (Å²) in [7, 11) is 0. The Labute approximate surface area is 217 Å². The maximum atomic E-state index is 6.11. The molecule has 0 spiro atoms. The maximum Gasteiger partial charge on any atom is 0.0838 e. The molecule has 0 N–H and O–H groups in total. The van der Waals surface area contributed by atoms with E-state index in [0.29, 0.717) is 6.10 Å². The summed E-state index contributed by atoms with van der Waals surface area (Å²) in [6.45, 7) is 4.33. The Balaban J connectivity index is 1.41. The van der Waals surface area contributed by atoms with Gasteiger partial charge in [0.15, 0.2) is 0 Å². The number of fused-ring (bicyclic) bond motifs is 5. The van der Waals surface area contributed by atoms with Crippen molar-refractivity contribution in [3.05, 3.63) is 110 Å². The van der Waals surface area contributed by atoms with Gasteiger partial charge < -0.3 is 9.64 Å². The highest BCUT2D eigenvalue weighted by Gasteiger charge is 2.37. The van der Waals surface area contributed by atoms with Crippen LogP contribution >= 0.6 is 31.9 Å². The largest absolute Gasteiger partial charge is 0.366 e. The summed E-state index contributed by atoms with van der Waals surface area (Å²) in [6.07, 6.45) is 2.91. The van der Waals surface area contributed by atoms with Gasteiger partial charge in [0, 0.05) is 26.0 Å². The van der Waals surface area contributed by atoms with E-state index < -0.39 is 0 Å². The quantitative estimate of drug-likeness (QED) is 0.240. The van der Waals surface area contributed by atoms with E-state index >= 15 is 0 Å². The van der Waals surface area contributed by atoms with E-state index in [-0.39, 0.29) is 6.10 Å². The molecule has 0 radical (unpaired) electrons. The third-order valence-corrected chi connectivity index (χ3v) is 8.04. The molecule has 4 aromatic rings. The van der Waals surface area contributed by atoms with Gasteiger partial charge in [0.2, 0.25) is 0 Å². The van der Waals surface area contributed by atoms with Crippen molar-refractivity contribution < 1.29 is 4.74 Å². The predicted molar refractivity (Wildman–Crippen MR) is 147 cm³/mol. The first-order valence-electron chi connectivity index (χ1n) is 11.7. The first kappa shape index (κ1) is 22.1. The van der Waals surface area contributed by atoms with Gasteiger partial charge in [0.05, 0.1) is 12.2 Å². The van der Waals surface area contributed by atoms with Crippen molar-refractivity contribution in [3.8, 4) is 11.1 Å². The van der Waals surface area contributed by atoms with Crippen LogP contribution in [0.25, 0.3) is 11.1 Å².